The van der Waals surface area contributed by atoms with E-state index < -0.39 is 6.85 Å². The molecule has 0 amide bonds. The lowest BCUT2D eigenvalue weighted by Crippen LogP contribution is -2.20. The lowest BCUT2D eigenvalue weighted by Gasteiger charge is -2.30. The zero-order valence-electron chi connectivity index (χ0n) is 27.9. The molecule has 2 aliphatic carbocycles. The van der Waals surface area contributed by atoms with Gasteiger partial charge in [0.15, 0.2) is 0 Å². The fourth-order valence-electron chi connectivity index (χ4n) is 7.97. The highest BCUT2D eigenvalue weighted by Gasteiger charge is 2.50. The van der Waals surface area contributed by atoms with E-state index in [-0.39, 0.29) is 27.1 Å². The molecular formula is C36H47N. The van der Waals surface area contributed by atoms with Gasteiger partial charge in [0.2, 0.25) is 0 Å². The Kier molecular flexibility index (Phi) is 4.76. The van der Waals surface area contributed by atoms with Crippen molar-refractivity contribution >= 4 is 0 Å². The number of hydrogen-bond acceptors (Lipinski definition) is 1. The number of fused-ring (bicyclic) bond motifs is 2. The Hall–Kier alpha value is -2.41. The summed E-state index contributed by atoms with van der Waals surface area (Å²) in [6, 6.07) is 12.7. The number of aromatic nitrogens is 1. The predicted molar refractivity (Wildman–Crippen MR) is 160 cm³/mol. The molecule has 0 N–H and O–H groups in total. The average Bonchev–Trinajstić information content (AvgIpc) is 3.11. The smallest absolute Gasteiger partial charge is 0.0705 e. The molecule has 0 bridgehead atoms. The minimum absolute atomic E-state index is 0.00573. The Morgan fingerprint density at radius 1 is 0.730 bits per heavy atom. The Bertz CT molecular complexity index is 1460. The highest BCUT2D eigenvalue weighted by atomic mass is 14.7. The Balaban J connectivity index is 1.93. The first-order valence-corrected chi connectivity index (χ1v) is 13.9. The van der Waals surface area contributed by atoms with Crippen LogP contribution in [0.1, 0.15) is 126 Å². The van der Waals surface area contributed by atoms with Crippen LogP contribution in [-0.4, -0.2) is 4.98 Å². The van der Waals surface area contributed by atoms with Gasteiger partial charge in [0.25, 0.3) is 0 Å². The molecule has 3 aromatic rings. The van der Waals surface area contributed by atoms with E-state index in [1.807, 2.05) is 18.3 Å². The highest BCUT2D eigenvalue weighted by Crippen LogP contribution is 2.61. The first-order valence-electron chi connectivity index (χ1n) is 15.4. The van der Waals surface area contributed by atoms with Gasteiger partial charge in [0.1, 0.15) is 0 Å². The average molecular weight is 497 g/mol. The summed E-state index contributed by atoms with van der Waals surface area (Å²) in [6.07, 6.45) is 3.94. The third kappa shape index (κ3) is 4.08. The largest absolute Gasteiger partial charge is 0.256 e. The fourth-order valence-corrected chi connectivity index (χ4v) is 7.97. The number of benzene rings is 2. The summed E-state index contributed by atoms with van der Waals surface area (Å²) in [5.74, 6) is 0. The van der Waals surface area contributed by atoms with Gasteiger partial charge in [-0.25, -0.2) is 0 Å². The number of aryl methyl sites for hydroxylation is 1. The van der Waals surface area contributed by atoms with Crippen molar-refractivity contribution in [2.75, 3.05) is 0 Å². The molecule has 1 aromatic heterocycles. The molecule has 0 aliphatic heterocycles. The van der Waals surface area contributed by atoms with Crippen LogP contribution in [0.3, 0.4) is 0 Å². The quantitative estimate of drug-likeness (QED) is 0.344. The Morgan fingerprint density at radius 2 is 1.30 bits per heavy atom. The van der Waals surface area contributed by atoms with Crippen LogP contribution in [0, 0.1) is 6.85 Å². The van der Waals surface area contributed by atoms with Gasteiger partial charge in [-0.1, -0.05) is 94.4 Å². The lowest BCUT2D eigenvalue weighted by atomic mass is 9.73. The van der Waals surface area contributed by atoms with Gasteiger partial charge in [-0.2, -0.15) is 0 Å². The van der Waals surface area contributed by atoms with E-state index in [2.05, 4.69) is 100 Å². The van der Waals surface area contributed by atoms with Crippen LogP contribution in [0.5, 0.6) is 0 Å². The summed E-state index contributed by atoms with van der Waals surface area (Å²) < 4.78 is 25.9. The third-order valence-electron chi connectivity index (χ3n) is 9.12. The molecule has 196 valence electrons. The molecule has 0 spiro atoms. The fraction of sp³-hybridized carbons (Fsp3) is 0.528. The van der Waals surface area contributed by atoms with Gasteiger partial charge in [0.05, 0.1) is 5.69 Å². The lowest BCUT2D eigenvalue weighted by molar-refractivity contribution is 0.396. The monoisotopic (exact) mass is 496 g/mol. The van der Waals surface area contributed by atoms with Crippen molar-refractivity contribution in [2.45, 2.75) is 123 Å². The second-order valence-electron chi connectivity index (χ2n) is 15.4. The highest BCUT2D eigenvalue weighted by molar-refractivity contribution is 5.84. The van der Waals surface area contributed by atoms with Gasteiger partial charge in [-0.05, 0) is 109 Å². The van der Waals surface area contributed by atoms with Gasteiger partial charge in [0, 0.05) is 15.9 Å². The molecule has 1 heteroatoms. The van der Waals surface area contributed by atoms with Gasteiger partial charge >= 0.3 is 0 Å². The van der Waals surface area contributed by atoms with E-state index in [4.69, 9.17) is 9.10 Å². The van der Waals surface area contributed by atoms with Crippen molar-refractivity contribution in [2.24, 2.45) is 0 Å². The minimum Gasteiger partial charge on any atom is -0.256 e. The van der Waals surface area contributed by atoms with Crippen LogP contribution >= 0.6 is 0 Å². The van der Waals surface area contributed by atoms with Crippen molar-refractivity contribution in [3.05, 3.63) is 76.0 Å². The second kappa shape index (κ2) is 7.81. The van der Waals surface area contributed by atoms with Crippen molar-refractivity contribution in [3.63, 3.8) is 0 Å². The van der Waals surface area contributed by atoms with Gasteiger partial charge < -0.3 is 0 Å². The first-order chi connectivity index (χ1) is 18.1. The molecule has 0 unspecified atom stereocenters. The van der Waals surface area contributed by atoms with E-state index in [1.54, 1.807) is 0 Å². The van der Waals surface area contributed by atoms with E-state index in [0.717, 1.165) is 29.7 Å². The maximum absolute atomic E-state index is 8.62. The van der Waals surface area contributed by atoms with Gasteiger partial charge in [-0.15, -0.1) is 0 Å². The summed E-state index contributed by atoms with van der Waals surface area (Å²) in [5, 5.41) is 0. The SMILES string of the molecule is [2H]C([2H])([2H])c1ccc(-c2cc(C(C)(C)C)ccn2)cc1-c1c2c(cc3c1C(C)(C)CC3(C)C)C(C)(C)CC2(C)C. The molecule has 0 atom stereocenters. The molecule has 2 aromatic carbocycles. The van der Waals surface area contributed by atoms with E-state index >= 15 is 0 Å². The number of rotatable bonds is 2. The molecule has 0 saturated heterocycles. The second-order valence-corrected chi connectivity index (χ2v) is 15.4. The summed E-state index contributed by atoms with van der Waals surface area (Å²) >= 11 is 0. The standard InChI is InChI=1S/C36H47N/c1-22-13-14-23(28-18-24(15-16-37-28)32(2,3)4)17-25(22)29-30-26(33(5,6)20-35(30,9)10)19-27-31(29)36(11,12)21-34(27,7)8/h13-19H,20-21H2,1-12H3/i1D3. The molecular weight excluding hydrogens is 446 g/mol. The van der Waals surface area contributed by atoms with E-state index in [9.17, 15) is 0 Å². The van der Waals surface area contributed by atoms with Crippen LogP contribution in [0.2, 0.25) is 0 Å². The normalized spacial score (nSPS) is 22.1. The topological polar surface area (TPSA) is 12.9 Å². The summed E-state index contributed by atoms with van der Waals surface area (Å²) in [5.41, 5.74) is 10.8. The summed E-state index contributed by atoms with van der Waals surface area (Å²) in [6.45, 7) is 23.2. The molecule has 37 heavy (non-hydrogen) atoms. The van der Waals surface area contributed by atoms with Gasteiger partial charge in [-0.3, -0.25) is 4.98 Å². The molecule has 2 aliphatic rings. The minimum atomic E-state index is -2.24. The molecule has 0 saturated carbocycles. The van der Waals surface area contributed by atoms with Crippen molar-refractivity contribution in [3.8, 4) is 22.4 Å². The van der Waals surface area contributed by atoms with E-state index in [1.165, 1.54) is 33.4 Å². The number of pyridine rings is 1. The van der Waals surface area contributed by atoms with Crippen LogP contribution in [0.25, 0.3) is 22.4 Å². The Labute approximate surface area is 230 Å². The van der Waals surface area contributed by atoms with Crippen LogP contribution < -0.4 is 0 Å². The maximum atomic E-state index is 8.62. The molecule has 5 rings (SSSR count). The maximum Gasteiger partial charge on any atom is 0.0705 e. The zero-order valence-corrected chi connectivity index (χ0v) is 24.9. The zero-order chi connectivity index (χ0) is 29.8. The number of hydrogen-bond donors (Lipinski definition) is 0. The third-order valence-corrected chi connectivity index (χ3v) is 9.12. The molecule has 1 nitrogen and oxygen atoms in total. The number of nitrogens with zero attached hydrogens (tertiary/aromatic N) is 1. The van der Waals surface area contributed by atoms with Crippen molar-refractivity contribution < 1.29 is 4.11 Å². The van der Waals surface area contributed by atoms with Crippen LogP contribution in [0.15, 0.2) is 42.6 Å². The Morgan fingerprint density at radius 3 is 1.81 bits per heavy atom. The molecule has 1 heterocycles. The van der Waals surface area contributed by atoms with E-state index in [0.29, 0.717) is 5.56 Å². The van der Waals surface area contributed by atoms with Crippen molar-refractivity contribution in [1.29, 1.82) is 0 Å². The predicted octanol–water partition coefficient (Wildman–Crippen LogP) is 9.94. The van der Waals surface area contributed by atoms with Crippen molar-refractivity contribution in [1.82, 2.24) is 4.98 Å². The summed E-state index contributed by atoms with van der Waals surface area (Å²) in [7, 11) is 0. The first kappa shape index (κ1) is 22.6. The van der Waals surface area contributed by atoms with Crippen LogP contribution in [0.4, 0.5) is 0 Å². The molecule has 0 fully saturated rings. The van der Waals surface area contributed by atoms with Crippen LogP contribution in [-0.2, 0) is 27.1 Å². The molecule has 0 radical (unpaired) electrons. The summed E-state index contributed by atoms with van der Waals surface area (Å²) in [4.78, 5) is 4.76.